The summed E-state index contributed by atoms with van der Waals surface area (Å²) >= 11 is 3.47. The number of aromatic nitrogens is 2. The average Bonchev–Trinajstić information content (AvgIpc) is 3.11. The molecule has 0 spiro atoms. The molecule has 2 fully saturated rings. The van der Waals surface area contributed by atoms with Crippen molar-refractivity contribution in [2.24, 2.45) is 5.92 Å². The van der Waals surface area contributed by atoms with E-state index in [1.807, 2.05) is 64.0 Å². The highest BCUT2D eigenvalue weighted by molar-refractivity contribution is 9.10. The first-order valence-corrected chi connectivity index (χ1v) is 11.1. The van der Waals surface area contributed by atoms with Gasteiger partial charge in [0, 0.05) is 24.7 Å². The van der Waals surface area contributed by atoms with E-state index in [0.29, 0.717) is 23.4 Å². The van der Waals surface area contributed by atoms with Crippen LogP contribution in [0.5, 0.6) is 0 Å². The zero-order chi connectivity index (χ0) is 20.0. The summed E-state index contributed by atoms with van der Waals surface area (Å²) < 4.78 is 2.52. The van der Waals surface area contributed by atoms with E-state index >= 15 is 0 Å². The maximum Gasteiger partial charge on any atom is 0.275 e. The predicted octanol–water partition coefficient (Wildman–Crippen LogP) is 4.39. The van der Waals surface area contributed by atoms with Gasteiger partial charge in [0.25, 0.3) is 5.91 Å². The highest BCUT2D eigenvalue weighted by Crippen LogP contribution is 2.47. The normalized spacial score (nSPS) is 27.0. The maximum absolute atomic E-state index is 13.6. The van der Waals surface area contributed by atoms with Gasteiger partial charge >= 0.3 is 0 Å². The zero-order valence-corrected chi connectivity index (χ0v) is 17.8. The van der Waals surface area contributed by atoms with Crippen LogP contribution in [0.25, 0.3) is 5.52 Å². The van der Waals surface area contributed by atoms with Crippen LogP contribution in [0, 0.1) is 5.92 Å². The minimum atomic E-state index is -0.875. The number of nitrogens with zero attached hydrogens (tertiary/aromatic N) is 3. The molecule has 3 heterocycles. The third-order valence-corrected chi connectivity index (χ3v) is 7.28. The quantitative estimate of drug-likeness (QED) is 0.625. The van der Waals surface area contributed by atoms with Gasteiger partial charge < -0.3 is 10.0 Å². The standard InChI is InChI=1S/C23H24BrN3O2/c24-22-25-20(19-12-6-7-14-27(19)22)21(28)26-15-13-23(29,16-8-2-1-3-9-16)17-10-4-5-11-18(17)26/h1-3,6-9,12,14,17-18,29H,4-5,10-11,13,15H2/t17-,18?,23-/m1/s1. The number of piperidine rings is 1. The van der Waals surface area contributed by atoms with Crippen LogP contribution in [0.2, 0.25) is 0 Å². The van der Waals surface area contributed by atoms with Gasteiger partial charge in [-0.1, -0.05) is 49.2 Å². The molecule has 1 unspecified atom stereocenters. The van der Waals surface area contributed by atoms with Crippen LogP contribution >= 0.6 is 15.9 Å². The summed E-state index contributed by atoms with van der Waals surface area (Å²) in [5.41, 5.74) is 1.38. The topological polar surface area (TPSA) is 57.8 Å². The summed E-state index contributed by atoms with van der Waals surface area (Å²) in [5.74, 6) is 0.0140. The highest BCUT2D eigenvalue weighted by Gasteiger charge is 2.50. The Labute approximate surface area is 178 Å². The number of carbonyl (C=O) groups excluding carboxylic acids is 1. The van der Waals surface area contributed by atoms with Crippen LogP contribution in [0.1, 0.15) is 48.2 Å². The van der Waals surface area contributed by atoms with E-state index in [1.165, 1.54) is 0 Å². The Kier molecular flexibility index (Phi) is 4.71. The van der Waals surface area contributed by atoms with E-state index in [-0.39, 0.29) is 17.9 Å². The van der Waals surface area contributed by atoms with Crippen LogP contribution in [-0.2, 0) is 5.60 Å². The number of halogens is 1. The lowest BCUT2D eigenvalue weighted by molar-refractivity contribution is -0.110. The van der Waals surface area contributed by atoms with E-state index in [0.717, 1.165) is 36.8 Å². The Balaban J connectivity index is 1.51. The molecule has 1 saturated heterocycles. The lowest BCUT2D eigenvalue weighted by Crippen LogP contribution is -2.59. The molecular weight excluding hydrogens is 430 g/mol. The minimum absolute atomic E-state index is 0.0357. The van der Waals surface area contributed by atoms with Gasteiger partial charge in [0.1, 0.15) is 0 Å². The first-order valence-electron chi connectivity index (χ1n) is 10.3. The molecule has 29 heavy (non-hydrogen) atoms. The average molecular weight is 454 g/mol. The molecule has 1 aromatic carbocycles. The molecule has 150 valence electrons. The lowest BCUT2D eigenvalue weighted by atomic mass is 9.66. The molecule has 0 radical (unpaired) electrons. The fourth-order valence-electron chi connectivity index (χ4n) is 5.31. The van der Waals surface area contributed by atoms with E-state index in [2.05, 4.69) is 20.9 Å². The minimum Gasteiger partial charge on any atom is -0.385 e. The largest absolute Gasteiger partial charge is 0.385 e. The van der Waals surface area contributed by atoms with Crippen molar-refractivity contribution in [2.45, 2.75) is 43.7 Å². The van der Waals surface area contributed by atoms with E-state index < -0.39 is 5.60 Å². The van der Waals surface area contributed by atoms with Gasteiger partial charge in [-0.05, 0) is 52.9 Å². The van der Waals surface area contributed by atoms with E-state index in [4.69, 9.17) is 0 Å². The van der Waals surface area contributed by atoms with Gasteiger partial charge in [-0.2, -0.15) is 0 Å². The van der Waals surface area contributed by atoms with Crippen LogP contribution in [0.4, 0.5) is 0 Å². The van der Waals surface area contributed by atoms with Crippen LogP contribution < -0.4 is 0 Å². The number of amides is 1. The van der Waals surface area contributed by atoms with Crippen molar-refractivity contribution >= 4 is 27.4 Å². The van der Waals surface area contributed by atoms with Crippen LogP contribution in [-0.4, -0.2) is 37.9 Å². The van der Waals surface area contributed by atoms with Gasteiger partial charge in [0.2, 0.25) is 0 Å². The first-order chi connectivity index (χ1) is 14.1. The molecule has 1 amide bonds. The Morgan fingerprint density at radius 1 is 1.10 bits per heavy atom. The summed E-state index contributed by atoms with van der Waals surface area (Å²) in [4.78, 5) is 20.1. The SMILES string of the molecule is O=C(c1nc(Br)n2ccccc12)N1CC[C@@](O)(c2ccccc2)[C@@H]2CCCCC21. The number of benzene rings is 1. The second kappa shape index (κ2) is 7.26. The molecule has 5 nitrogen and oxygen atoms in total. The van der Waals surface area contributed by atoms with Crippen molar-refractivity contribution in [3.05, 3.63) is 70.7 Å². The number of hydrogen-bond acceptors (Lipinski definition) is 3. The molecule has 1 aliphatic heterocycles. The Morgan fingerprint density at radius 2 is 1.86 bits per heavy atom. The molecule has 1 aliphatic carbocycles. The predicted molar refractivity (Wildman–Crippen MR) is 115 cm³/mol. The molecule has 5 rings (SSSR count). The van der Waals surface area contributed by atoms with Crippen LogP contribution in [0.3, 0.4) is 0 Å². The Hall–Kier alpha value is -2.18. The van der Waals surface area contributed by atoms with Crippen molar-refractivity contribution in [2.75, 3.05) is 6.54 Å². The van der Waals surface area contributed by atoms with Crippen molar-refractivity contribution in [1.82, 2.24) is 14.3 Å². The second-order valence-electron chi connectivity index (χ2n) is 8.18. The van der Waals surface area contributed by atoms with E-state index in [9.17, 15) is 9.90 Å². The summed E-state index contributed by atoms with van der Waals surface area (Å²) in [6, 6.07) is 15.8. The maximum atomic E-state index is 13.6. The summed E-state index contributed by atoms with van der Waals surface area (Å²) in [5, 5.41) is 11.7. The van der Waals surface area contributed by atoms with Crippen molar-refractivity contribution in [1.29, 1.82) is 0 Å². The summed E-state index contributed by atoms with van der Waals surface area (Å²) in [6.07, 6.45) is 6.50. The molecular formula is C23H24BrN3O2. The van der Waals surface area contributed by atoms with Crippen molar-refractivity contribution < 1.29 is 9.90 Å². The number of imidazole rings is 1. The molecule has 2 aromatic heterocycles. The molecule has 6 heteroatoms. The number of hydrogen-bond donors (Lipinski definition) is 1. The lowest BCUT2D eigenvalue weighted by Gasteiger charge is -2.52. The smallest absolute Gasteiger partial charge is 0.275 e. The van der Waals surface area contributed by atoms with Gasteiger partial charge in [-0.25, -0.2) is 4.98 Å². The third-order valence-electron chi connectivity index (χ3n) is 6.72. The molecule has 1 saturated carbocycles. The first kappa shape index (κ1) is 18.8. The van der Waals surface area contributed by atoms with Gasteiger partial charge in [0.05, 0.1) is 11.1 Å². The number of fused-ring (bicyclic) bond motifs is 2. The number of aliphatic hydroxyl groups is 1. The molecule has 3 atom stereocenters. The van der Waals surface area contributed by atoms with Crippen molar-refractivity contribution in [3.63, 3.8) is 0 Å². The fourth-order valence-corrected chi connectivity index (χ4v) is 5.80. The molecule has 0 bridgehead atoms. The van der Waals surface area contributed by atoms with Crippen molar-refractivity contribution in [3.8, 4) is 0 Å². The van der Waals surface area contributed by atoms with Gasteiger partial charge in [-0.15, -0.1) is 0 Å². The van der Waals surface area contributed by atoms with Gasteiger partial charge in [0.15, 0.2) is 10.4 Å². The number of likely N-dealkylation sites (tertiary alicyclic amines) is 1. The number of rotatable bonds is 2. The second-order valence-corrected chi connectivity index (χ2v) is 8.89. The zero-order valence-electron chi connectivity index (χ0n) is 16.2. The third kappa shape index (κ3) is 3.01. The van der Waals surface area contributed by atoms with Crippen LogP contribution in [0.15, 0.2) is 59.5 Å². The fraction of sp³-hybridized carbons (Fsp3) is 0.391. The number of carbonyl (C=O) groups is 1. The summed E-state index contributed by atoms with van der Waals surface area (Å²) in [6.45, 7) is 0.537. The monoisotopic (exact) mass is 453 g/mol. The molecule has 1 N–H and O–H groups in total. The number of pyridine rings is 1. The summed E-state index contributed by atoms with van der Waals surface area (Å²) in [7, 11) is 0. The van der Waals surface area contributed by atoms with E-state index in [1.54, 1.807) is 0 Å². The Morgan fingerprint density at radius 3 is 2.69 bits per heavy atom. The highest BCUT2D eigenvalue weighted by atomic mass is 79.9. The molecule has 3 aromatic rings. The molecule has 2 aliphatic rings. The van der Waals surface area contributed by atoms with Gasteiger partial charge in [-0.3, -0.25) is 9.20 Å². The Bertz CT molecular complexity index is 1050.